The van der Waals surface area contributed by atoms with E-state index >= 15 is 0 Å². The molecule has 0 aliphatic carbocycles. The quantitative estimate of drug-likeness (QED) is 0.594. The monoisotopic (exact) mass is 168 g/mol. The van der Waals surface area contributed by atoms with Gasteiger partial charge in [-0.3, -0.25) is 0 Å². The van der Waals surface area contributed by atoms with E-state index in [1.165, 1.54) is 6.42 Å². The van der Waals surface area contributed by atoms with E-state index in [0.717, 1.165) is 5.56 Å². The molecular formula is C10H20N2. The van der Waals surface area contributed by atoms with E-state index in [9.17, 15) is 0 Å². The van der Waals surface area contributed by atoms with Crippen molar-refractivity contribution in [2.75, 3.05) is 0 Å². The molecule has 2 heteroatoms. The predicted molar refractivity (Wildman–Crippen MR) is 54.1 cm³/mol. The van der Waals surface area contributed by atoms with Gasteiger partial charge in [0.15, 0.2) is 0 Å². The lowest BCUT2D eigenvalue weighted by molar-refractivity contribution is 1.01. The Morgan fingerprint density at radius 1 is 1.17 bits per heavy atom. The highest BCUT2D eigenvalue weighted by molar-refractivity contribution is 5.00. The summed E-state index contributed by atoms with van der Waals surface area (Å²) in [6.07, 6.45) is 4.65. The first-order valence-corrected chi connectivity index (χ1v) is 4.54. The zero-order valence-electron chi connectivity index (χ0n) is 8.83. The molecule has 0 aromatic carbocycles. The fraction of sp³-hybridized carbons (Fsp3) is 0.600. The molecule has 0 aliphatic heterocycles. The van der Waals surface area contributed by atoms with Crippen molar-refractivity contribution < 1.29 is 0 Å². The van der Waals surface area contributed by atoms with Crippen LogP contribution >= 0.6 is 0 Å². The van der Waals surface area contributed by atoms with Crippen LogP contribution in [-0.2, 0) is 0 Å². The van der Waals surface area contributed by atoms with Crippen molar-refractivity contribution in [2.24, 2.45) is 0 Å². The van der Waals surface area contributed by atoms with Crippen LogP contribution in [0.5, 0.6) is 0 Å². The number of aromatic nitrogens is 2. The summed E-state index contributed by atoms with van der Waals surface area (Å²) in [5.41, 5.74) is 1.15. The van der Waals surface area contributed by atoms with Crippen LogP contribution in [-0.4, -0.2) is 10.2 Å². The second-order valence-corrected chi connectivity index (χ2v) is 2.13. The summed E-state index contributed by atoms with van der Waals surface area (Å²) in [4.78, 5) is 0. The smallest absolute Gasteiger partial charge is 0.0525 e. The fourth-order valence-corrected chi connectivity index (χ4v) is 0.357. The van der Waals surface area contributed by atoms with Crippen molar-refractivity contribution in [3.63, 3.8) is 0 Å². The maximum absolute atomic E-state index is 3.63. The predicted octanol–water partition coefficient (Wildman–Crippen LogP) is 3.23. The van der Waals surface area contributed by atoms with Crippen molar-refractivity contribution in [1.29, 1.82) is 0 Å². The van der Waals surface area contributed by atoms with Gasteiger partial charge in [-0.05, 0) is 18.6 Å². The molecule has 0 unspecified atom stereocenters. The lowest BCUT2D eigenvalue weighted by atomic mass is 10.4. The Balaban J connectivity index is 0. The van der Waals surface area contributed by atoms with Crippen molar-refractivity contribution >= 4 is 0 Å². The van der Waals surface area contributed by atoms with E-state index in [-0.39, 0.29) is 0 Å². The van der Waals surface area contributed by atoms with Crippen molar-refractivity contribution in [1.82, 2.24) is 10.2 Å². The van der Waals surface area contributed by atoms with Gasteiger partial charge in [0.05, 0.1) is 6.20 Å². The summed E-state index contributed by atoms with van der Waals surface area (Å²) in [5, 5.41) is 7.23. The van der Waals surface area contributed by atoms with E-state index in [1.54, 1.807) is 12.4 Å². The fourth-order valence-electron chi connectivity index (χ4n) is 0.357. The van der Waals surface area contributed by atoms with E-state index in [2.05, 4.69) is 24.0 Å². The van der Waals surface area contributed by atoms with Crippen LogP contribution < -0.4 is 0 Å². The van der Waals surface area contributed by atoms with E-state index in [1.807, 2.05) is 26.8 Å². The molecule has 12 heavy (non-hydrogen) atoms. The molecule has 0 amide bonds. The summed E-state index contributed by atoms with van der Waals surface area (Å²) in [5.74, 6) is 0. The first-order valence-electron chi connectivity index (χ1n) is 4.54. The SMILES string of the molecule is CC.CCC.Cc1ccnnc1. The summed E-state index contributed by atoms with van der Waals surface area (Å²) in [6.45, 7) is 10.2. The maximum atomic E-state index is 3.63. The molecule has 0 radical (unpaired) electrons. The van der Waals surface area contributed by atoms with Gasteiger partial charge in [0.1, 0.15) is 0 Å². The number of nitrogens with zero attached hydrogens (tertiary/aromatic N) is 2. The van der Waals surface area contributed by atoms with Crippen LogP contribution in [0.15, 0.2) is 18.5 Å². The lowest BCUT2D eigenvalue weighted by Crippen LogP contribution is -1.76. The third-order valence-electron chi connectivity index (χ3n) is 0.732. The van der Waals surface area contributed by atoms with Gasteiger partial charge >= 0.3 is 0 Å². The Labute approximate surface area is 76.0 Å². The van der Waals surface area contributed by atoms with Crippen LogP contribution in [0.4, 0.5) is 0 Å². The number of hydrogen-bond acceptors (Lipinski definition) is 2. The van der Waals surface area contributed by atoms with E-state index in [4.69, 9.17) is 0 Å². The molecule has 0 fully saturated rings. The molecule has 70 valence electrons. The molecule has 1 rings (SSSR count). The number of hydrogen-bond donors (Lipinski definition) is 0. The highest BCUT2D eigenvalue weighted by Crippen LogP contribution is 1.85. The molecule has 0 spiro atoms. The van der Waals surface area contributed by atoms with Gasteiger partial charge in [0.2, 0.25) is 0 Å². The molecular weight excluding hydrogens is 148 g/mol. The summed E-state index contributed by atoms with van der Waals surface area (Å²) < 4.78 is 0. The highest BCUT2D eigenvalue weighted by atomic mass is 15.1. The van der Waals surface area contributed by atoms with E-state index in [0.29, 0.717) is 0 Å². The second-order valence-electron chi connectivity index (χ2n) is 2.13. The van der Waals surface area contributed by atoms with Crippen molar-refractivity contribution in [2.45, 2.75) is 41.0 Å². The minimum Gasteiger partial charge on any atom is -0.159 e. The van der Waals surface area contributed by atoms with Crippen LogP contribution in [0.2, 0.25) is 0 Å². The van der Waals surface area contributed by atoms with E-state index < -0.39 is 0 Å². The largest absolute Gasteiger partial charge is 0.159 e. The van der Waals surface area contributed by atoms with Gasteiger partial charge in [-0.2, -0.15) is 10.2 Å². The molecule has 0 atom stereocenters. The molecule has 0 bridgehead atoms. The first kappa shape index (κ1) is 13.7. The van der Waals surface area contributed by atoms with Gasteiger partial charge in [0.25, 0.3) is 0 Å². The van der Waals surface area contributed by atoms with Gasteiger partial charge in [0, 0.05) is 6.20 Å². The molecule has 0 saturated heterocycles. The molecule has 2 nitrogen and oxygen atoms in total. The van der Waals surface area contributed by atoms with Gasteiger partial charge in [-0.1, -0.05) is 34.1 Å². The Bertz CT molecular complexity index is 149. The molecule has 0 saturated carbocycles. The van der Waals surface area contributed by atoms with Crippen molar-refractivity contribution in [3.8, 4) is 0 Å². The third-order valence-corrected chi connectivity index (χ3v) is 0.732. The average molecular weight is 168 g/mol. The van der Waals surface area contributed by atoms with Gasteiger partial charge < -0.3 is 0 Å². The molecule has 1 aromatic heterocycles. The topological polar surface area (TPSA) is 25.8 Å². The second kappa shape index (κ2) is 12.7. The van der Waals surface area contributed by atoms with Gasteiger partial charge in [-0.15, -0.1) is 0 Å². The normalized spacial score (nSPS) is 7.08. The molecule has 1 heterocycles. The highest BCUT2D eigenvalue weighted by Gasteiger charge is 1.74. The summed E-state index contributed by atoms with van der Waals surface area (Å²) in [7, 11) is 0. The Morgan fingerprint density at radius 3 is 1.83 bits per heavy atom. The minimum atomic E-state index is 1.15. The van der Waals surface area contributed by atoms with Crippen LogP contribution in [0.3, 0.4) is 0 Å². The maximum Gasteiger partial charge on any atom is 0.0525 e. The molecule has 0 aliphatic rings. The number of aryl methyl sites for hydroxylation is 1. The Hall–Kier alpha value is -0.920. The zero-order valence-corrected chi connectivity index (χ0v) is 8.83. The van der Waals surface area contributed by atoms with Crippen LogP contribution in [0, 0.1) is 6.92 Å². The Morgan fingerprint density at radius 2 is 1.67 bits per heavy atom. The number of rotatable bonds is 0. The standard InChI is InChI=1S/C5H6N2.C3H8.C2H6/c1-5-2-3-6-7-4-5;1-3-2;1-2/h2-4H,1H3;3H2,1-2H3;1-2H3. The van der Waals surface area contributed by atoms with Gasteiger partial charge in [-0.25, -0.2) is 0 Å². The van der Waals surface area contributed by atoms with Crippen LogP contribution in [0.25, 0.3) is 0 Å². The first-order chi connectivity index (χ1) is 5.81. The minimum absolute atomic E-state index is 1.15. The molecule has 1 aromatic rings. The third kappa shape index (κ3) is 11.8. The Kier molecular flexibility index (Phi) is 14.5. The van der Waals surface area contributed by atoms with Crippen LogP contribution in [0.1, 0.15) is 39.7 Å². The summed E-state index contributed by atoms with van der Waals surface area (Å²) >= 11 is 0. The zero-order chi connectivity index (χ0) is 9.82. The molecule has 0 N–H and O–H groups in total. The lowest BCUT2D eigenvalue weighted by Gasteiger charge is -1.80. The van der Waals surface area contributed by atoms with Crippen molar-refractivity contribution in [3.05, 3.63) is 24.0 Å². The average Bonchev–Trinajstić information content (AvgIpc) is 2.11. The summed E-state index contributed by atoms with van der Waals surface area (Å²) in [6, 6.07) is 1.91.